The number of para-hydroxylation sites is 1. The largest absolute Gasteiger partial charge is 0.259 e. The fourth-order valence-electron chi connectivity index (χ4n) is 5.75. The van der Waals surface area contributed by atoms with E-state index < -0.39 is 0 Å². The molecule has 0 saturated heterocycles. The van der Waals surface area contributed by atoms with Crippen LogP contribution in [-0.4, -0.2) is 0 Å². The molecule has 0 aromatic heterocycles. The summed E-state index contributed by atoms with van der Waals surface area (Å²) in [7, 11) is 0. The van der Waals surface area contributed by atoms with E-state index in [0.717, 1.165) is 33.6 Å². The summed E-state index contributed by atoms with van der Waals surface area (Å²) in [5.41, 5.74) is 21.1. The first kappa shape index (κ1) is 25.4. The maximum atomic E-state index is 4.64. The Kier molecular flexibility index (Phi) is 7.12. The third-order valence-electron chi connectivity index (χ3n) is 6.90. The fourth-order valence-corrected chi connectivity index (χ4v) is 5.75. The lowest BCUT2D eigenvalue weighted by Crippen LogP contribution is -2.00. The number of hydrogen-bond donors (Lipinski definition) is 1. The Morgan fingerprint density at radius 1 is 0.500 bits per heavy atom. The lowest BCUT2D eigenvalue weighted by atomic mass is 9.87. The van der Waals surface area contributed by atoms with E-state index >= 15 is 0 Å². The van der Waals surface area contributed by atoms with Crippen molar-refractivity contribution in [3.8, 4) is 22.3 Å². The second kappa shape index (κ2) is 10.1. The molecule has 0 amide bonds. The molecule has 0 fully saturated rings. The standard InChI is InChI=1S/C33H37N3/c1-19-13-22(4)30(23(5)14-19)28-11-10-12-29(31-24(6)15-20(2)16-25(31)7)33(28)35-36-34-32-26(8)17-21(3)18-27(32)9/h10-18H,1-9H3,(H,34,35). The van der Waals surface area contributed by atoms with Crippen molar-refractivity contribution in [3.05, 3.63) is 105 Å². The first-order chi connectivity index (χ1) is 17.1. The van der Waals surface area contributed by atoms with Crippen molar-refractivity contribution in [2.24, 2.45) is 10.3 Å². The SMILES string of the molecule is Cc1cc(C)c(N=NNc2c(-c3c(C)cc(C)cc3C)cccc2-c2c(C)cc(C)cc2C)c(C)c1. The van der Waals surface area contributed by atoms with Crippen LogP contribution in [-0.2, 0) is 0 Å². The molecule has 0 spiro atoms. The summed E-state index contributed by atoms with van der Waals surface area (Å²) in [5, 5.41) is 9.21. The molecule has 3 nitrogen and oxygen atoms in total. The van der Waals surface area contributed by atoms with Gasteiger partial charge in [-0.15, -0.1) is 5.11 Å². The van der Waals surface area contributed by atoms with Gasteiger partial charge in [0.2, 0.25) is 0 Å². The molecule has 4 aromatic carbocycles. The molecule has 0 heterocycles. The minimum absolute atomic E-state index is 0.914. The van der Waals surface area contributed by atoms with Gasteiger partial charge in [0.15, 0.2) is 0 Å². The molecule has 0 saturated carbocycles. The van der Waals surface area contributed by atoms with Crippen LogP contribution in [0, 0.1) is 62.3 Å². The van der Waals surface area contributed by atoms with Gasteiger partial charge in [-0.25, -0.2) is 0 Å². The van der Waals surface area contributed by atoms with E-state index in [1.54, 1.807) is 0 Å². The molecular formula is C33H37N3. The van der Waals surface area contributed by atoms with Crippen molar-refractivity contribution in [1.29, 1.82) is 0 Å². The summed E-state index contributed by atoms with van der Waals surface area (Å²) in [4.78, 5) is 0. The van der Waals surface area contributed by atoms with Crippen molar-refractivity contribution in [1.82, 2.24) is 0 Å². The number of anilines is 1. The minimum atomic E-state index is 0.914. The zero-order chi connectivity index (χ0) is 26.1. The van der Waals surface area contributed by atoms with Crippen LogP contribution in [0.2, 0.25) is 0 Å². The van der Waals surface area contributed by atoms with Crippen LogP contribution in [0.3, 0.4) is 0 Å². The van der Waals surface area contributed by atoms with E-state index in [1.807, 2.05) is 0 Å². The fraction of sp³-hybridized carbons (Fsp3) is 0.273. The highest BCUT2D eigenvalue weighted by Crippen LogP contribution is 2.42. The predicted octanol–water partition coefficient (Wildman–Crippen LogP) is 9.91. The summed E-state index contributed by atoms with van der Waals surface area (Å²) >= 11 is 0. The molecule has 0 bridgehead atoms. The zero-order valence-corrected chi connectivity index (χ0v) is 23.1. The summed E-state index contributed by atoms with van der Waals surface area (Å²) in [6.07, 6.45) is 0. The molecule has 0 aliphatic rings. The molecule has 36 heavy (non-hydrogen) atoms. The molecular weight excluding hydrogens is 438 g/mol. The molecule has 0 radical (unpaired) electrons. The van der Waals surface area contributed by atoms with Crippen LogP contribution < -0.4 is 5.43 Å². The second-order valence-electron chi connectivity index (χ2n) is 10.3. The monoisotopic (exact) mass is 475 g/mol. The van der Waals surface area contributed by atoms with Gasteiger partial charge in [0, 0.05) is 11.1 Å². The Morgan fingerprint density at radius 2 is 0.861 bits per heavy atom. The van der Waals surface area contributed by atoms with Gasteiger partial charge >= 0.3 is 0 Å². The number of nitrogens with zero attached hydrogens (tertiary/aromatic N) is 2. The van der Waals surface area contributed by atoms with E-state index in [2.05, 4.69) is 133 Å². The van der Waals surface area contributed by atoms with Gasteiger partial charge in [0.1, 0.15) is 0 Å². The second-order valence-corrected chi connectivity index (χ2v) is 10.3. The normalized spacial score (nSPS) is 11.4. The number of aryl methyl sites for hydroxylation is 9. The van der Waals surface area contributed by atoms with E-state index in [4.69, 9.17) is 0 Å². The van der Waals surface area contributed by atoms with Crippen LogP contribution in [0.15, 0.2) is 64.9 Å². The van der Waals surface area contributed by atoms with E-state index in [0.29, 0.717) is 0 Å². The maximum Gasteiger partial charge on any atom is 0.0932 e. The average Bonchev–Trinajstić information content (AvgIpc) is 2.75. The van der Waals surface area contributed by atoms with Crippen LogP contribution in [0.1, 0.15) is 50.1 Å². The zero-order valence-electron chi connectivity index (χ0n) is 23.1. The number of benzene rings is 4. The maximum absolute atomic E-state index is 4.64. The van der Waals surface area contributed by atoms with Gasteiger partial charge in [0.05, 0.1) is 11.4 Å². The molecule has 4 rings (SSSR count). The molecule has 0 aliphatic heterocycles. The minimum Gasteiger partial charge on any atom is -0.259 e. The molecule has 0 aliphatic carbocycles. The van der Waals surface area contributed by atoms with Gasteiger partial charge in [-0.3, -0.25) is 5.43 Å². The number of rotatable bonds is 5. The lowest BCUT2D eigenvalue weighted by Gasteiger charge is -2.20. The quantitative estimate of drug-likeness (QED) is 0.226. The van der Waals surface area contributed by atoms with Crippen LogP contribution >= 0.6 is 0 Å². The van der Waals surface area contributed by atoms with Gasteiger partial charge in [-0.05, 0) is 107 Å². The summed E-state index contributed by atoms with van der Waals surface area (Å²) in [6.45, 7) is 19.3. The molecule has 184 valence electrons. The highest BCUT2D eigenvalue weighted by atomic mass is 15.4. The van der Waals surface area contributed by atoms with Crippen molar-refractivity contribution in [2.75, 3.05) is 5.43 Å². The highest BCUT2D eigenvalue weighted by molar-refractivity contribution is 5.93. The van der Waals surface area contributed by atoms with Gasteiger partial charge < -0.3 is 0 Å². The van der Waals surface area contributed by atoms with Crippen molar-refractivity contribution < 1.29 is 0 Å². The first-order valence-corrected chi connectivity index (χ1v) is 12.6. The van der Waals surface area contributed by atoms with Crippen molar-refractivity contribution in [3.63, 3.8) is 0 Å². The van der Waals surface area contributed by atoms with E-state index in [9.17, 15) is 0 Å². The Balaban J connectivity index is 1.93. The Labute approximate surface area is 216 Å². The Hall–Kier alpha value is -3.72. The first-order valence-electron chi connectivity index (χ1n) is 12.6. The third kappa shape index (κ3) is 4.97. The number of hydrogen-bond acceptors (Lipinski definition) is 2. The average molecular weight is 476 g/mol. The van der Waals surface area contributed by atoms with Gasteiger partial charge in [0.25, 0.3) is 0 Å². The van der Waals surface area contributed by atoms with E-state index in [-0.39, 0.29) is 0 Å². The molecule has 1 N–H and O–H groups in total. The predicted molar refractivity (Wildman–Crippen MR) is 155 cm³/mol. The van der Waals surface area contributed by atoms with Gasteiger partial charge in [-0.1, -0.05) is 76.5 Å². The molecule has 0 atom stereocenters. The third-order valence-corrected chi connectivity index (χ3v) is 6.90. The summed E-state index contributed by atoms with van der Waals surface area (Å²) in [6, 6.07) is 19.8. The van der Waals surface area contributed by atoms with Gasteiger partial charge in [-0.2, -0.15) is 0 Å². The summed E-state index contributed by atoms with van der Waals surface area (Å²) in [5.74, 6) is 0. The Morgan fingerprint density at radius 3 is 1.25 bits per heavy atom. The number of nitrogens with one attached hydrogen (secondary N) is 1. The molecule has 4 aromatic rings. The van der Waals surface area contributed by atoms with Crippen molar-refractivity contribution >= 4 is 11.4 Å². The van der Waals surface area contributed by atoms with Crippen LogP contribution in [0.5, 0.6) is 0 Å². The van der Waals surface area contributed by atoms with E-state index in [1.165, 1.54) is 50.1 Å². The smallest absolute Gasteiger partial charge is 0.0932 e. The highest BCUT2D eigenvalue weighted by Gasteiger charge is 2.18. The van der Waals surface area contributed by atoms with Crippen LogP contribution in [0.4, 0.5) is 11.4 Å². The molecule has 0 unspecified atom stereocenters. The van der Waals surface area contributed by atoms with Crippen molar-refractivity contribution in [2.45, 2.75) is 62.3 Å². The topological polar surface area (TPSA) is 36.8 Å². The molecule has 3 heteroatoms. The van der Waals surface area contributed by atoms with Crippen LogP contribution in [0.25, 0.3) is 22.3 Å². The Bertz CT molecular complexity index is 1350. The lowest BCUT2D eigenvalue weighted by molar-refractivity contribution is 1.10. The summed E-state index contributed by atoms with van der Waals surface area (Å²) < 4.78 is 0.